The van der Waals surface area contributed by atoms with E-state index in [2.05, 4.69) is 26.0 Å². The molecule has 0 saturated carbocycles. The molecule has 25 heavy (non-hydrogen) atoms. The summed E-state index contributed by atoms with van der Waals surface area (Å²) in [5, 5.41) is 2.78. The molecule has 0 saturated heterocycles. The summed E-state index contributed by atoms with van der Waals surface area (Å²) >= 11 is 3.34. The fraction of sp³-hybridized carbons (Fsp3) is 0.278. The second-order valence-corrected chi connectivity index (χ2v) is 9.39. The van der Waals surface area contributed by atoms with Crippen molar-refractivity contribution in [1.82, 2.24) is 4.72 Å². The topological polar surface area (TPSA) is 75.3 Å². The third kappa shape index (κ3) is 5.39. The summed E-state index contributed by atoms with van der Waals surface area (Å²) < 4.78 is 28.5. The molecule has 1 amide bonds. The zero-order valence-electron chi connectivity index (χ0n) is 14.6. The Labute approximate surface area is 157 Å². The molecule has 5 nitrogen and oxygen atoms in total. The van der Waals surface area contributed by atoms with Crippen molar-refractivity contribution in [3.05, 3.63) is 58.1 Å². The first-order valence-corrected chi connectivity index (χ1v) is 9.97. The van der Waals surface area contributed by atoms with Crippen molar-refractivity contribution in [3.63, 3.8) is 0 Å². The number of hydrogen-bond acceptors (Lipinski definition) is 3. The maximum Gasteiger partial charge on any atom is 0.255 e. The maximum atomic E-state index is 12.5. The molecule has 2 rings (SSSR count). The van der Waals surface area contributed by atoms with Gasteiger partial charge in [-0.3, -0.25) is 4.79 Å². The van der Waals surface area contributed by atoms with Crippen LogP contribution in [0.2, 0.25) is 0 Å². The molecule has 0 aliphatic rings. The van der Waals surface area contributed by atoms with Gasteiger partial charge in [-0.05, 0) is 69.7 Å². The molecular weight excluding hydrogens is 404 g/mol. The lowest BCUT2D eigenvalue weighted by Crippen LogP contribution is -2.40. The molecule has 0 unspecified atom stereocenters. The number of amides is 1. The molecule has 0 radical (unpaired) electrons. The summed E-state index contributed by atoms with van der Waals surface area (Å²) in [7, 11) is -3.71. The van der Waals surface area contributed by atoms with Gasteiger partial charge in [-0.2, -0.15) is 0 Å². The van der Waals surface area contributed by atoms with Crippen LogP contribution in [0.5, 0.6) is 0 Å². The molecule has 0 bridgehead atoms. The highest BCUT2D eigenvalue weighted by Crippen LogP contribution is 2.20. The zero-order chi connectivity index (χ0) is 18.8. The molecule has 0 fully saturated rings. The van der Waals surface area contributed by atoms with Crippen LogP contribution in [0.15, 0.2) is 51.8 Å². The van der Waals surface area contributed by atoms with E-state index in [1.807, 2.05) is 12.1 Å². The minimum atomic E-state index is -3.71. The van der Waals surface area contributed by atoms with Crippen LogP contribution in [0, 0.1) is 6.92 Å². The lowest BCUT2D eigenvalue weighted by molar-refractivity contribution is 0.102. The smallest absolute Gasteiger partial charge is 0.255 e. The number of anilines is 1. The average Bonchev–Trinajstić information content (AvgIpc) is 2.47. The number of rotatable bonds is 4. The largest absolute Gasteiger partial charge is 0.322 e. The number of nitrogens with one attached hydrogen (secondary N) is 2. The fourth-order valence-corrected chi connectivity index (χ4v) is 3.92. The maximum absolute atomic E-state index is 12.5. The van der Waals surface area contributed by atoms with Crippen LogP contribution in [0.3, 0.4) is 0 Å². The van der Waals surface area contributed by atoms with Gasteiger partial charge in [0.05, 0.1) is 4.90 Å². The first-order valence-electron chi connectivity index (χ1n) is 7.69. The van der Waals surface area contributed by atoms with E-state index in [-0.39, 0.29) is 10.8 Å². The van der Waals surface area contributed by atoms with Crippen LogP contribution in [0.4, 0.5) is 5.69 Å². The number of hydrogen-bond donors (Lipinski definition) is 2. The Morgan fingerprint density at radius 2 is 1.64 bits per heavy atom. The van der Waals surface area contributed by atoms with Gasteiger partial charge in [0.25, 0.3) is 5.91 Å². The molecule has 0 spiro atoms. The highest BCUT2D eigenvalue weighted by Gasteiger charge is 2.23. The molecule has 7 heteroatoms. The predicted octanol–water partition coefficient (Wildman–Crippen LogP) is 4.09. The van der Waals surface area contributed by atoms with Crippen molar-refractivity contribution in [2.75, 3.05) is 5.32 Å². The summed E-state index contributed by atoms with van der Waals surface area (Å²) in [4.78, 5) is 12.6. The first kappa shape index (κ1) is 19.6. The van der Waals surface area contributed by atoms with Crippen LogP contribution in [-0.2, 0) is 10.0 Å². The fourth-order valence-electron chi connectivity index (χ4n) is 2.21. The van der Waals surface area contributed by atoms with Gasteiger partial charge in [0.15, 0.2) is 0 Å². The number of carbonyl (C=O) groups is 1. The van der Waals surface area contributed by atoms with Crippen LogP contribution < -0.4 is 10.0 Å². The standard InChI is InChI=1S/C18H21BrN2O3S/c1-12-5-10-15(25(23,24)21-18(2,3)4)11-16(12)17(22)20-14-8-6-13(19)7-9-14/h5-11,21H,1-4H3,(H,20,22). The van der Waals surface area contributed by atoms with Crippen molar-refractivity contribution >= 4 is 37.5 Å². The Bertz CT molecular complexity index is 886. The first-order chi connectivity index (χ1) is 11.5. The Hall–Kier alpha value is -1.70. The Balaban J connectivity index is 2.32. The van der Waals surface area contributed by atoms with Crippen molar-refractivity contribution < 1.29 is 13.2 Å². The Morgan fingerprint density at radius 1 is 1.04 bits per heavy atom. The molecule has 134 valence electrons. The number of benzene rings is 2. The van der Waals surface area contributed by atoms with E-state index in [1.165, 1.54) is 12.1 Å². The molecule has 0 heterocycles. The van der Waals surface area contributed by atoms with Gasteiger partial charge in [0.2, 0.25) is 10.0 Å². The number of halogens is 1. The number of sulfonamides is 1. The van der Waals surface area contributed by atoms with Crippen LogP contribution >= 0.6 is 15.9 Å². The van der Waals surface area contributed by atoms with Crippen LogP contribution in [0.25, 0.3) is 0 Å². The molecule has 2 aromatic carbocycles. The monoisotopic (exact) mass is 424 g/mol. The second kappa shape index (κ2) is 7.27. The van der Waals surface area contributed by atoms with E-state index in [0.29, 0.717) is 16.8 Å². The molecule has 0 atom stereocenters. The van der Waals surface area contributed by atoms with Crippen molar-refractivity contribution in [1.29, 1.82) is 0 Å². The van der Waals surface area contributed by atoms with Gasteiger partial charge < -0.3 is 5.32 Å². The van der Waals surface area contributed by atoms with E-state index in [9.17, 15) is 13.2 Å². The minimum Gasteiger partial charge on any atom is -0.322 e. The van der Waals surface area contributed by atoms with E-state index in [1.54, 1.807) is 45.9 Å². The quantitative estimate of drug-likeness (QED) is 0.775. The zero-order valence-corrected chi connectivity index (χ0v) is 17.0. The second-order valence-electron chi connectivity index (χ2n) is 6.79. The Morgan fingerprint density at radius 3 is 2.20 bits per heavy atom. The average molecular weight is 425 g/mol. The number of aryl methyl sites for hydroxylation is 1. The predicted molar refractivity (Wildman–Crippen MR) is 103 cm³/mol. The minimum absolute atomic E-state index is 0.0639. The van der Waals surface area contributed by atoms with Crippen LogP contribution in [0.1, 0.15) is 36.7 Å². The molecule has 0 aliphatic carbocycles. The highest BCUT2D eigenvalue weighted by atomic mass is 79.9. The molecule has 2 N–H and O–H groups in total. The third-order valence-corrected chi connectivity index (χ3v) is 5.59. The van der Waals surface area contributed by atoms with Gasteiger partial charge in [0, 0.05) is 21.3 Å². The highest BCUT2D eigenvalue weighted by molar-refractivity contribution is 9.10. The van der Waals surface area contributed by atoms with E-state index < -0.39 is 15.6 Å². The van der Waals surface area contributed by atoms with Crippen molar-refractivity contribution in [3.8, 4) is 0 Å². The van der Waals surface area contributed by atoms with Gasteiger partial charge >= 0.3 is 0 Å². The van der Waals surface area contributed by atoms with E-state index >= 15 is 0 Å². The molecule has 2 aromatic rings. The SMILES string of the molecule is Cc1ccc(S(=O)(=O)NC(C)(C)C)cc1C(=O)Nc1ccc(Br)cc1. The summed E-state index contributed by atoms with van der Waals surface area (Å²) in [6, 6.07) is 11.7. The number of carbonyl (C=O) groups excluding carboxylic acids is 1. The van der Waals surface area contributed by atoms with Gasteiger partial charge in [-0.1, -0.05) is 22.0 Å². The summed E-state index contributed by atoms with van der Waals surface area (Å²) in [5.74, 6) is -0.354. The van der Waals surface area contributed by atoms with Gasteiger partial charge in [0.1, 0.15) is 0 Å². The lowest BCUT2D eigenvalue weighted by atomic mass is 10.1. The summed E-state index contributed by atoms with van der Waals surface area (Å²) in [5.41, 5.74) is 1.04. The van der Waals surface area contributed by atoms with Gasteiger partial charge in [-0.15, -0.1) is 0 Å². The molecular formula is C18H21BrN2O3S. The van der Waals surface area contributed by atoms with E-state index in [4.69, 9.17) is 0 Å². The Kier molecular flexibility index (Phi) is 5.71. The van der Waals surface area contributed by atoms with Gasteiger partial charge in [-0.25, -0.2) is 13.1 Å². The van der Waals surface area contributed by atoms with Crippen molar-refractivity contribution in [2.24, 2.45) is 0 Å². The molecule has 0 aromatic heterocycles. The lowest BCUT2D eigenvalue weighted by Gasteiger charge is -2.20. The third-order valence-electron chi connectivity index (χ3n) is 3.31. The van der Waals surface area contributed by atoms with Crippen LogP contribution in [-0.4, -0.2) is 19.9 Å². The summed E-state index contributed by atoms with van der Waals surface area (Å²) in [6.07, 6.45) is 0. The molecule has 0 aliphatic heterocycles. The normalized spacial score (nSPS) is 12.0. The van der Waals surface area contributed by atoms with Crippen molar-refractivity contribution in [2.45, 2.75) is 38.1 Å². The summed E-state index contributed by atoms with van der Waals surface area (Å²) in [6.45, 7) is 7.06. The van der Waals surface area contributed by atoms with E-state index in [0.717, 1.165) is 4.47 Å².